The van der Waals surface area contributed by atoms with Crippen LogP contribution in [0.4, 0.5) is 4.79 Å². The maximum atomic E-state index is 11.1. The highest BCUT2D eigenvalue weighted by Crippen LogP contribution is 2.66. The first kappa shape index (κ1) is 10.8. The van der Waals surface area contributed by atoms with Gasteiger partial charge in [0.25, 0.3) is 0 Å². The van der Waals surface area contributed by atoms with Gasteiger partial charge in [-0.25, -0.2) is 4.79 Å². The van der Waals surface area contributed by atoms with Gasteiger partial charge in [-0.2, -0.15) is 0 Å². The Balaban J connectivity index is 2.15. The molecule has 0 amide bonds. The lowest BCUT2D eigenvalue weighted by Gasteiger charge is -2.38. The van der Waals surface area contributed by atoms with Crippen LogP contribution in [-0.2, 0) is 9.47 Å². The van der Waals surface area contributed by atoms with Gasteiger partial charge in [0.15, 0.2) is 0 Å². The van der Waals surface area contributed by atoms with Gasteiger partial charge in [0.2, 0.25) is 0 Å². The maximum absolute atomic E-state index is 11.1. The first-order chi connectivity index (χ1) is 6.91. The largest absolute Gasteiger partial charge is 0.508 e. The summed E-state index contributed by atoms with van der Waals surface area (Å²) >= 11 is 0. The molecule has 1 radical (unpaired) electrons. The first-order valence-corrected chi connectivity index (χ1v) is 5.54. The number of hydrogen-bond donors (Lipinski definition) is 0. The molecule has 2 fully saturated rings. The smallest absolute Gasteiger partial charge is 0.431 e. The fourth-order valence-corrected chi connectivity index (χ4v) is 3.46. The van der Waals surface area contributed by atoms with Gasteiger partial charge in [0.1, 0.15) is 13.2 Å². The summed E-state index contributed by atoms with van der Waals surface area (Å²) in [6.07, 6.45) is 2.71. The van der Waals surface area contributed by atoms with Crippen molar-refractivity contribution in [1.29, 1.82) is 0 Å². The van der Waals surface area contributed by atoms with Crippen LogP contribution in [0.2, 0.25) is 0 Å². The van der Waals surface area contributed by atoms with Crippen molar-refractivity contribution in [3.63, 3.8) is 0 Å². The lowest BCUT2D eigenvalue weighted by molar-refractivity contribution is -0.0283. The highest BCUT2D eigenvalue weighted by molar-refractivity contribution is 5.60. The highest BCUT2D eigenvalue weighted by atomic mass is 16.7. The Kier molecular flexibility index (Phi) is 2.25. The van der Waals surface area contributed by atoms with Crippen LogP contribution < -0.4 is 0 Å². The van der Waals surface area contributed by atoms with Crippen molar-refractivity contribution in [1.82, 2.24) is 0 Å². The fourth-order valence-electron chi connectivity index (χ4n) is 3.46. The molecule has 0 aromatic carbocycles. The maximum Gasteiger partial charge on any atom is 0.508 e. The van der Waals surface area contributed by atoms with Crippen LogP contribution in [0.5, 0.6) is 0 Å². The van der Waals surface area contributed by atoms with Crippen molar-refractivity contribution < 1.29 is 14.3 Å². The van der Waals surface area contributed by atoms with Crippen molar-refractivity contribution in [2.45, 2.75) is 46.1 Å². The minimum absolute atomic E-state index is 0.000463. The van der Waals surface area contributed by atoms with Gasteiger partial charge >= 0.3 is 6.16 Å². The molecule has 0 aliphatic heterocycles. The number of fused-ring (bicyclic) bond motifs is 2. The minimum Gasteiger partial charge on any atom is -0.431 e. The van der Waals surface area contributed by atoms with Crippen LogP contribution in [0.1, 0.15) is 40.0 Å². The number of hydrogen-bond acceptors (Lipinski definition) is 3. The average Bonchev–Trinajstić information content (AvgIpc) is 2.50. The molecule has 2 bridgehead atoms. The summed E-state index contributed by atoms with van der Waals surface area (Å²) in [5, 5.41) is 0. The topological polar surface area (TPSA) is 35.5 Å². The Labute approximate surface area is 91.1 Å². The average molecular weight is 211 g/mol. The predicted octanol–water partition coefficient (Wildman–Crippen LogP) is 3.15. The summed E-state index contributed by atoms with van der Waals surface area (Å²) in [7, 11) is 3.07. The zero-order valence-corrected chi connectivity index (χ0v) is 9.71. The lowest BCUT2D eigenvalue weighted by atomic mass is 9.70. The molecule has 15 heavy (non-hydrogen) atoms. The Morgan fingerprint density at radius 2 is 2.07 bits per heavy atom. The number of carbonyl (C=O) groups excluding carboxylic acids is 1. The molecule has 0 saturated heterocycles. The summed E-state index contributed by atoms with van der Waals surface area (Å²) in [5.74, 6) is 0.671. The zero-order valence-electron chi connectivity index (χ0n) is 9.71. The van der Waals surface area contributed by atoms with E-state index in [1.54, 1.807) is 0 Å². The van der Waals surface area contributed by atoms with E-state index < -0.39 is 6.16 Å². The van der Waals surface area contributed by atoms with E-state index in [1.807, 2.05) is 0 Å². The van der Waals surface area contributed by atoms with Crippen molar-refractivity contribution in [2.24, 2.45) is 16.7 Å². The summed E-state index contributed by atoms with van der Waals surface area (Å²) in [5.41, 5.74) is 0.366. The van der Waals surface area contributed by atoms with Gasteiger partial charge in [-0.15, -0.1) is 0 Å². The van der Waals surface area contributed by atoms with Crippen molar-refractivity contribution in [3.8, 4) is 0 Å². The molecule has 0 spiro atoms. The second-order valence-electron chi connectivity index (χ2n) is 5.61. The third-order valence-corrected chi connectivity index (χ3v) is 5.07. The Hall–Kier alpha value is -0.730. The van der Waals surface area contributed by atoms with Crippen molar-refractivity contribution in [3.05, 3.63) is 7.11 Å². The molecular formula is C12H19O3. The predicted molar refractivity (Wildman–Crippen MR) is 55.9 cm³/mol. The van der Waals surface area contributed by atoms with E-state index in [0.29, 0.717) is 5.92 Å². The normalized spacial score (nSPS) is 41.6. The third kappa shape index (κ3) is 1.28. The van der Waals surface area contributed by atoms with Crippen LogP contribution in [0, 0.1) is 23.9 Å². The zero-order chi connectivity index (χ0) is 11.3. The third-order valence-electron chi connectivity index (χ3n) is 5.07. The molecule has 3 unspecified atom stereocenters. The molecule has 0 heterocycles. The van der Waals surface area contributed by atoms with Crippen molar-refractivity contribution >= 4 is 6.16 Å². The van der Waals surface area contributed by atoms with E-state index in [2.05, 4.69) is 32.6 Å². The molecule has 3 nitrogen and oxygen atoms in total. The lowest BCUT2D eigenvalue weighted by Crippen LogP contribution is -2.38. The molecule has 2 rings (SSSR count). The van der Waals surface area contributed by atoms with E-state index in [1.165, 1.54) is 6.42 Å². The highest BCUT2D eigenvalue weighted by Gasteiger charge is 2.63. The van der Waals surface area contributed by atoms with Crippen LogP contribution in [-0.4, -0.2) is 12.3 Å². The van der Waals surface area contributed by atoms with Gasteiger partial charge in [-0.1, -0.05) is 20.8 Å². The van der Waals surface area contributed by atoms with E-state index in [4.69, 9.17) is 4.74 Å². The Bertz CT molecular complexity index is 285. The van der Waals surface area contributed by atoms with Crippen LogP contribution >= 0.6 is 0 Å². The standard InChI is InChI=1S/C12H19O3/c1-11(2)8-5-6-12(11,3)9(7-8)15-10(13)14-4/h8-9H,4-7H2,1-3H3. The van der Waals surface area contributed by atoms with E-state index in [-0.39, 0.29) is 16.9 Å². The Morgan fingerprint density at radius 3 is 2.47 bits per heavy atom. The van der Waals surface area contributed by atoms with Gasteiger partial charge in [-0.05, 0) is 30.6 Å². The van der Waals surface area contributed by atoms with Crippen LogP contribution in [0.25, 0.3) is 0 Å². The SMILES string of the molecule is [CH2]OC(=O)OC1CC2CCC1(C)C2(C)C. The van der Waals surface area contributed by atoms with E-state index >= 15 is 0 Å². The van der Waals surface area contributed by atoms with Gasteiger partial charge < -0.3 is 9.47 Å². The van der Waals surface area contributed by atoms with Gasteiger partial charge in [0, 0.05) is 5.41 Å². The second kappa shape index (κ2) is 3.13. The molecule has 0 aromatic heterocycles. The monoisotopic (exact) mass is 211 g/mol. The van der Waals surface area contributed by atoms with Crippen LogP contribution in [0.3, 0.4) is 0 Å². The number of ether oxygens (including phenoxy) is 2. The molecule has 2 aliphatic carbocycles. The molecule has 3 heteroatoms. The van der Waals surface area contributed by atoms with E-state index in [0.717, 1.165) is 12.8 Å². The summed E-state index contributed by atoms with van der Waals surface area (Å²) in [6, 6.07) is 0. The van der Waals surface area contributed by atoms with Crippen molar-refractivity contribution in [2.75, 3.05) is 0 Å². The van der Waals surface area contributed by atoms with Gasteiger partial charge in [-0.3, -0.25) is 0 Å². The second-order valence-corrected chi connectivity index (χ2v) is 5.61. The summed E-state index contributed by atoms with van der Waals surface area (Å²) in [4.78, 5) is 11.1. The molecular weight excluding hydrogens is 192 g/mol. The fraction of sp³-hybridized carbons (Fsp3) is 0.833. The number of carbonyl (C=O) groups is 1. The minimum atomic E-state index is -0.649. The number of rotatable bonds is 1. The quantitative estimate of drug-likeness (QED) is 0.625. The molecule has 85 valence electrons. The molecule has 3 atom stereocenters. The molecule has 0 aromatic rings. The molecule has 2 aliphatic rings. The first-order valence-electron chi connectivity index (χ1n) is 5.54. The van der Waals surface area contributed by atoms with Crippen LogP contribution in [0.15, 0.2) is 0 Å². The van der Waals surface area contributed by atoms with E-state index in [9.17, 15) is 4.79 Å². The van der Waals surface area contributed by atoms with Gasteiger partial charge in [0.05, 0.1) is 0 Å². The summed E-state index contributed by atoms with van der Waals surface area (Å²) in [6.45, 7) is 6.79. The molecule has 0 N–H and O–H groups in total. The molecule has 2 saturated carbocycles. The summed E-state index contributed by atoms with van der Waals surface area (Å²) < 4.78 is 9.63. The Morgan fingerprint density at radius 1 is 1.40 bits per heavy atom.